The number of hydrogen-bond acceptors (Lipinski definition) is 4. The maximum Gasteiger partial charge on any atom is 0.266 e. The van der Waals surface area contributed by atoms with Crippen LogP contribution >= 0.6 is 11.6 Å². The average Bonchev–Trinajstić information content (AvgIpc) is 3.37. The average molecular weight is 396 g/mol. The third kappa shape index (κ3) is 2.37. The Morgan fingerprint density at radius 1 is 1.21 bits per heavy atom. The monoisotopic (exact) mass is 395 g/mol. The van der Waals surface area contributed by atoms with E-state index >= 15 is 0 Å². The number of fused-ring (bicyclic) bond motifs is 2. The largest absolute Gasteiger partial charge is 0.488 e. The minimum absolute atomic E-state index is 0.106. The topological polar surface area (TPSA) is 62.7 Å². The number of carbonyl (C=O) groups excluding carboxylic acids is 2. The highest BCUT2D eigenvalue weighted by atomic mass is 35.5. The van der Waals surface area contributed by atoms with Crippen molar-refractivity contribution in [2.24, 2.45) is 0 Å². The second kappa shape index (κ2) is 6.34. The molecule has 142 valence electrons. The van der Waals surface area contributed by atoms with Gasteiger partial charge < -0.3 is 14.5 Å². The van der Waals surface area contributed by atoms with Gasteiger partial charge in [-0.05, 0) is 35.9 Å². The predicted molar refractivity (Wildman–Crippen MR) is 102 cm³/mol. The van der Waals surface area contributed by atoms with Crippen molar-refractivity contribution in [2.45, 2.75) is 24.6 Å². The molecule has 2 unspecified atom stereocenters. The second-order valence-electron chi connectivity index (χ2n) is 7.18. The van der Waals surface area contributed by atoms with Crippen LogP contribution < -0.4 is 0 Å². The fraction of sp³-hybridized carbons (Fsp3) is 0.286. The van der Waals surface area contributed by atoms with E-state index in [1.54, 1.807) is 46.5 Å². The van der Waals surface area contributed by atoms with Crippen molar-refractivity contribution in [3.63, 3.8) is 0 Å². The molecule has 3 aliphatic heterocycles. The predicted octanol–water partition coefficient (Wildman–Crippen LogP) is 2.73. The van der Waals surface area contributed by atoms with Gasteiger partial charge in [0.25, 0.3) is 11.8 Å². The van der Waals surface area contributed by atoms with Crippen molar-refractivity contribution in [3.8, 4) is 0 Å². The zero-order chi connectivity index (χ0) is 19.3. The van der Waals surface area contributed by atoms with E-state index in [0.717, 1.165) is 5.56 Å². The number of hydrogen-bond donors (Lipinski definition) is 0. The Bertz CT molecular complexity index is 983. The third-order valence-corrected chi connectivity index (χ3v) is 6.01. The first-order valence-electron chi connectivity index (χ1n) is 9.25. The van der Waals surface area contributed by atoms with E-state index in [1.807, 2.05) is 18.2 Å². The highest BCUT2D eigenvalue weighted by molar-refractivity contribution is 6.30. The number of carbonyl (C=O) groups is 2. The molecule has 0 bridgehead atoms. The molecule has 0 aliphatic carbocycles. The van der Waals surface area contributed by atoms with Gasteiger partial charge in [0.2, 0.25) is 0 Å². The molecule has 1 aromatic heterocycles. The fourth-order valence-electron chi connectivity index (χ4n) is 4.47. The number of amides is 2. The summed E-state index contributed by atoms with van der Waals surface area (Å²) in [6.07, 6.45) is 5.51. The summed E-state index contributed by atoms with van der Waals surface area (Å²) in [6, 6.07) is 10.9. The summed E-state index contributed by atoms with van der Waals surface area (Å²) in [5.74, 6) is -0.223. The molecule has 2 atom stereocenters. The van der Waals surface area contributed by atoms with Crippen molar-refractivity contribution < 1.29 is 14.3 Å². The lowest BCUT2D eigenvalue weighted by molar-refractivity contribution is -0.148. The van der Waals surface area contributed by atoms with E-state index in [-0.39, 0.29) is 11.8 Å². The van der Waals surface area contributed by atoms with Gasteiger partial charge in [0.1, 0.15) is 5.66 Å². The first kappa shape index (κ1) is 17.3. The summed E-state index contributed by atoms with van der Waals surface area (Å²) in [4.78, 5) is 34.7. The Labute approximate surface area is 167 Å². The maximum absolute atomic E-state index is 13.3. The Hall–Kier alpha value is -2.86. The van der Waals surface area contributed by atoms with E-state index in [0.29, 0.717) is 42.2 Å². The molecule has 1 fully saturated rings. The molecule has 1 saturated heterocycles. The second-order valence-corrected chi connectivity index (χ2v) is 7.61. The molecule has 28 heavy (non-hydrogen) atoms. The molecule has 5 rings (SSSR count). The zero-order valence-corrected chi connectivity index (χ0v) is 15.8. The van der Waals surface area contributed by atoms with Gasteiger partial charge >= 0.3 is 0 Å². The smallest absolute Gasteiger partial charge is 0.266 e. The number of ether oxygens (including phenoxy) is 1. The first-order chi connectivity index (χ1) is 13.6. The fourth-order valence-corrected chi connectivity index (χ4v) is 4.60. The van der Waals surface area contributed by atoms with Gasteiger partial charge in [-0.15, -0.1) is 0 Å². The van der Waals surface area contributed by atoms with Crippen LogP contribution in [0.1, 0.15) is 28.0 Å². The highest BCUT2D eigenvalue weighted by Crippen LogP contribution is 2.45. The molecule has 2 amide bonds. The minimum Gasteiger partial charge on any atom is -0.488 e. The molecule has 1 aromatic carbocycles. The van der Waals surface area contributed by atoms with Crippen LogP contribution in [0.15, 0.2) is 54.9 Å². The van der Waals surface area contributed by atoms with Gasteiger partial charge in [-0.1, -0.05) is 23.7 Å². The standard InChI is InChI=1S/C21H18ClN3O3/c22-15-7-5-14(6-8-15)21-13-17-16(3-1-9-23-17)19(26)24(21)10-11-25(21)20(27)18-4-2-12-28-18/h1-3,5-9,12,18H,4,10-11,13H2. The highest BCUT2D eigenvalue weighted by Gasteiger charge is 2.57. The van der Waals surface area contributed by atoms with Crippen molar-refractivity contribution >= 4 is 23.4 Å². The number of nitrogens with zero attached hydrogens (tertiary/aromatic N) is 3. The Balaban J connectivity index is 1.66. The van der Waals surface area contributed by atoms with E-state index in [1.165, 1.54) is 0 Å². The summed E-state index contributed by atoms with van der Waals surface area (Å²) >= 11 is 6.10. The summed E-state index contributed by atoms with van der Waals surface area (Å²) in [5.41, 5.74) is 1.22. The van der Waals surface area contributed by atoms with Crippen molar-refractivity contribution in [2.75, 3.05) is 13.1 Å². The van der Waals surface area contributed by atoms with Crippen molar-refractivity contribution in [1.29, 1.82) is 0 Å². The van der Waals surface area contributed by atoms with Crippen LogP contribution in [0.25, 0.3) is 0 Å². The van der Waals surface area contributed by atoms with Gasteiger partial charge in [-0.25, -0.2) is 0 Å². The molecule has 3 aliphatic rings. The molecular weight excluding hydrogens is 378 g/mol. The minimum atomic E-state index is -0.925. The summed E-state index contributed by atoms with van der Waals surface area (Å²) in [7, 11) is 0. The summed E-state index contributed by atoms with van der Waals surface area (Å²) in [5, 5.41) is 0.603. The summed E-state index contributed by atoms with van der Waals surface area (Å²) in [6.45, 7) is 0.905. The molecule has 6 nitrogen and oxygen atoms in total. The number of aromatic nitrogens is 1. The van der Waals surface area contributed by atoms with E-state index in [2.05, 4.69) is 4.98 Å². The van der Waals surface area contributed by atoms with Crippen LogP contribution in [0.3, 0.4) is 0 Å². The number of pyridine rings is 1. The van der Waals surface area contributed by atoms with Gasteiger partial charge in [-0.2, -0.15) is 0 Å². The lowest BCUT2D eigenvalue weighted by Gasteiger charge is -2.47. The molecule has 0 radical (unpaired) electrons. The van der Waals surface area contributed by atoms with E-state index < -0.39 is 11.8 Å². The Morgan fingerprint density at radius 3 is 2.79 bits per heavy atom. The van der Waals surface area contributed by atoms with Gasteiger partial charge in [0.15, 0.2) is 6.10 Å². The molecular formula is C21H18ClN3O3. The third-order valence-electron chi connectivity index (χ3n) is 5.76. The number of rotatable bonds is 2. The van der Waals surface area contributed by atoms with Gasteiger partial charge in [0, 0.05) is 37.2 Å². The Kier molecular flexibility index (Phi) is 3.91. The molecule has 0 N–H and O–H groups in total. The van der Waals surface area contributed by atoms with E-state index in [9.17, 15) is 9.59 Å². The van der Waals surface area contributed by atoms with Crippen LogP contribution in [-0.4, -0.2) is 45.8 Å². The van der Waals surface area contributed by atoms with Crippen LogP contribution in [0.4, 0.5) is 0 Å². The SMILES string of the molecule is O=C1c2cccnc2CC2(c3ccc(Cl)cc3)N1CCN2C(=O)C1CC=CO1. The van der Waals surface area contributed by atoms with Crippen molar-refractivity contribution in [1.82, 2.24) is 14.8 Å². The van der Waals surface area contributed by atoms with Crippen molar-refractivity contribution in [3.05, 3.63) is 76.8 Å². The lowest BCUT2D eigenvalue weighted by Crippen LogP contribution is -2.60. The van der Waals surface area contributed by atoms with Crippen LogP contribution in [0, 0.1) is 0 Å². The molecule has 7 heteroatoms. The number of halogens is 1. The lowest BCUT2D eigenvalue weighted by atomic mass is 9.86. The number of benzene rings is 1. The summed E-state index contributed by atoms with van der Waals surface area (Å²) < 4.78 is 5.49. The molecule has 0 saturated carbocycles. The van der Waals surface area contributed by atoms with Crippen LogP contribution in [0.2, 0.25) is 5.02 Å². The normalized spacial score (nSPS) is 25.5. The molecule has 0 spiro atoms. The van der Waals surface area contributed by atoms with Gasteiger partial charge in [0.05, 0.1) is 17.5 Å². The molecule has 4 heterocycles. The first-order valence-corrected chi connectivity index (χ1v) is 9.63. The van der Waals surface area contributed by atoms with Crippen LogP contribution in [-0.2, 0) is 21.6 Å². The van der Waals surface area contributed by atoms with Gasteiger partial charge in [-0.3, -0.25) is 14.6 Å². The molecule has 2 aromatic rings. The van der Waals surface area contributed by atoms with E-state index in [4.69, 9.17) is 16.3 Å². The zero-order valence-electron chi connectivity index (χ0n) is 15.0. The quantitative estimate of drug-likeness (QED) is 0.784. The van der Waals surface area contributed by atoms with Crippen LogP contribution in [0.5, 0.6) is 0 Å². The Morgan fingerprint density at radius 2 is 2.04 bits per heavy atom. The maximum atomic E-state index is 13.3.